The molecular weight excluding hydrogens is 356 g/mol. The summed E-state index contributed by atoms with van der Waals surface area (Å²) in [6.07, 6.45) is 2.83. The number of hydrogen-bond donors (Lipinski definition) is 0. The zero-order valence-corrected chi connectivity index (χ0v) is 16.1. The number of ether oxygens (including phenoxy) is 1. The van der Waals surface area contributed by atoms with Crippen molar-refractivity contribution < 1.29 is 22.7 Å². The van der Waals surface area contributed by atoms with Gasteiger partial charge >= 0.3 is 5.97 Å². The van der Waals surface area contributed by atoms with Crippen LogP contribution in [0.1, 0.15) is 42.6 Å². The van der Waals surface area contributed by atoms with Crippen molar-refractivity contribution in [2.75, 3.05) is 23.7 Å². The lowest BCUT2D eigenvalue weighted by atomic mass is 10.1. The van der Waals surface area contributed by atoms with Crippen LogP contribution < -0.4 is 4.31 Å². The summed E-state index contributed by atoms with van der Waals surface area (Å²) in [6, 6.07) is 4.64. The summed E-state index contributed by atoms with van der Waals surface area (Å²) in [6.45, 7) is 4.83. The van der Waals surface area contributed by atoms with Gasteiger partial charge in [0.15, 0.2) is 6.10 Å². The minimum absolute atomic E-state index is 0.172. The Morgan fingerprint density at radius 2 is 1.88 bits per heavy atom. The van der Waals surface area contributed by atoms with Gasteiger partial charge in [-0.05, 0) is 56.9 Å². The zero-order valence-electron chi connectivity index (χ0n) is 15.3. The fraction of sp³-hybridized carbons (Fsp3) is 0.556. The van der Waals surface area contributed by atoms with E-state index in [9.17, 15) is 18.0 Å². The minimum atomic E-state index is -3.37. The molecule has 1 aromatic carbocycles. The van der Waals surface area contributed by atoms with Crippen molar-refractivity contribution in [1.82, 2.24) is 4.90 Å². The number of benzene rings is 1. The molecule has 0 radical (unpaired) electrons. The molecule has 0 aromatic heterocycles. The van der Waals surface area contributed by atoms with Gasteiger partial charge in [-0.2, -0.15) is 0 Å². The second-order valence-corrected chi connectivity index (χ2v) is 8.89. The molecule has 8 heteroatoms. The van der Waals surface area contributed by atoms with Gasteiger partial charge in [0.2, 0.25) is 10.0 Å². The van der Waals surface area contributed by atoms with Gasteiger partial charge in [0.05, 0.1) is 17.5 Å². The molecule has 2 heterocycles. The van der Waals surface area contributed by atoms with E-state index in [0.717, 1.165) is 18.4 Å². The molecular formula is C18H24N2O5S. The zero-order chi connectivity index (χ0) is 19.1. The SMILES string of the molecule is CC(OC(=O)c1ccc2c(c1)CC(C)N2S(C)(=O)=O)C(=O)N1CCCC1. The van der Waals surface area contributed by atoms with Crippen LogP contribution in [0.2, 0.25) is 0 Å². The average Bonchev–Trinajstić information content (AvgIpc) is 3.18. The van der Waals surface area contributed by atoms with Gasteiger partial charge in [-0.3, -0.25) is 9.10 Å². The first-order chi connectivity index (χ1) is 12.2. The topological polar surface area (TPSA) is 84.0 Å². The maximum Gasteiger partial charge on any atom is 0.338 e. The van der Waals surface area contributed by atoms with E-state index in [1.54, 1.807) is 30.0 Å². The molecule has 26 heavy (non-hydrogen) atoms. The van der Waals surface area contributed by atoms with Crippen molar-refractivity contribution in [1.29, 1.82) is 0 Å². The molecule has 1 saturated heterocycles. The normalized spacial score (nSPS) is 20.8. The standard InChI is InChI=1S/C18H24N2O5S/c1-12-10-15-11-14(6-7-16(15)20(12)26(3,23)24)18(22)25-13(2)17(21)19-8-4-5-9-19/h6-7,11-13H,4-5,8-10H2,1-3H3. The highest BCUT2D eigenvalue weighted by atomic mass is 32.2. The highest BCUT2D eigenvalue weighted by Gasteiger charge is 2.33. The Morgan fingerprint density at radius 3 is 2.50 bits per heavy atom. The highest BCUT2D eigenvalue weighted by molar-refractivity contribution is 7.92. The summed E-state index contributed by atoms with van der Waals surface area (Å²) in [5, 5.41) is 0. The number of nitrogens with zero attached hydrogens (tertiary/aromatic N) is 2. The fourth-order valence-corrected chi connectivity index (χ4v) is 4.97. The van der Waals surface area contributed by atoms with E-state index in [1.807, 2.05) is 6.92 Å². The van der Waals surface area contributed by atoms with Crippen LogP contribution in [0.3, 0.4) is 0 Å². The second-order valence-electron chi connectivity index (χ2n) is 7.04. The van der Waals surface area contributed by atoms with E-state index in [1.165, 1.54) is 10.6 Å². The molecule has 0 spiro atoms. The Bertz CT molecular complexity index is 830. The van der Waals surface area contributed by atoms with Gasteiger partial charge in [0.1, 0.15) is 0 Å². The van der Waals surface area contributed by atoms with E-state index >= 15 is 0 Å². The quantitative estimate of drug-likeness (QED) is 0.740. The summed E-state index contributed by atoms with van der Waals surface area (Å²) in [5.41, 5.74) is 1.71. The van der Waals surface area contributed by atoms with Gasteiger partial charge in [-0.1, -0.05) is 0 Å². The number of fused-ring (bicyclic) bond motifs is 1. The van der Waals surface area contributed by atoms with Crippen LogP contribution >= 0.6 is 0 Å². The Hall–Kier alpha value is -2.09. The lowest BCUT2D eigenvalue weighted by molar-refractivity contribution is -0.138. The molecule has 0 N–H and O–H groups in total. The number of likely N-dealkylation sites (tertiary alicyclic amines) is 1. The van der Waals surface area contributed by atoms with Crippen molar-refractivity contribution in [2.45, 2.75) is 45.3 Å². The molecule has 2 aliphatic heterocycles. The van der Waals surface area contributed by atoms with Crippen molar-refractivity contribution in [3.8, 4) is 0 Å². The third kappa shape index (κ3) is 3.56. The largest absolute Gasteiger partial charge is 0.449 e. The Labute approximate surface area is 154 Å². The first kappa shape index (κ1) is 18.7. The number of anilines is 1. The van der Waals surface area contributed by atoms with Crippen molar-refractivity contribution in [3.05, 3.63) is 29.3 Å². The number of carbonyl (C=O) groups excluding carboxylic acids is 2. The summed E-state index contributed by atoms with van der Waals surface area (Å²) in [4.78, 5) is 26.4. The average molecular weight is 380 g/mol. The van der Waals surface area contributed by atoms with Crippen molar-refractivity contribution in [3.63, 3.8) is 0 Å². The predicted octanol–water partition coefficient (Wildman–Crippen LogP) is 1.56. The third-order valence-corrected chi connectivity index (χ3v) is 6.15. The number of amides is 1. The van der Waals surface area contributed by atoms with Crippen LogP contribution in [-0.4, -0.2) is 56.7 Å². The molecule has 7 nitrogen and oxygen atoms in total. The molecule has 2 atom stereocenters. The van der Waals surface area contributed by atoms with Crippen LogP contribution in [0, 0.1) is 0 Å². The maximum absolute atomic E-state index is 12.4. The van der Waals surface area contributed by atoms with Crippen LogP contribution in [0.5, 0.6) is 0 Å². The number of carbonyl (C=O) groups is 2. The van der Waals surface area contributed by atoms with Gasteiger partial charge in [0.25, 0.3) is 5.91 Å². The first-order valence-electron chi connectivity index (χ1n) is 8.80. The molecule has 1 fully saturated rings. The highest BCUT2D eigenvalue weighted by Crippen LogP contribution is 2.34. The molecule has 2 unspecified atom stereocenters. The first-order valence-corrected chi connectivity index (χ1v) is 10.7. The van der Waals surface area contributed by atoms with Gasteiger partial charge in [0, 0.05) is 19.1 Å². The fourth-order valence-electron chi connectivity index (χ4n) is 3.71. The van der Waals surface area contributed by atoms with E-state index in [-0.39, 0.29) is 11.9 Å². The number of esters is 1. The van der Waals surface area contributed by atoms with Crippen LogP contribution in [0.15, 0.2) is 18.2 Å². The molecule has 0 bridgehead atoms. The summed E-state index contributed by atoms with van der Waals surface area (Å²) in [7, 11) is -3.37. The Kier molecular flexibility index (Phi) is 4.96. The number of hydrogen-bond acceptors (Lipinski definition) is 5. The van der Waals surface area contributed by atoms with E-state index in [0.29, 0.717) is 30.8 Å². The van der Waals surface area contributed by atoms with Crippen LogP contribution in [0.25, 0.3) is 0 Å². The monoisotopic (exact) mass is 380 g/mol. The van der Waals surface area contributed by atoms with Crippen molar-refractivity contribution in [2.24, 2.45) is 0 Å². The van der Waals surface area contributed by atoms with E-state index in [4.69, 9.17) is 4.74 Å². The molecule has 0 saturated carbocycles. The van der Waals surface area contributed by atoms with Gasteiger partial charge in [-0.15, -0.1) is 0 Å². The molecule has 2 aliphatic rings. The van der Waals surface area contributed by atoms with Gasteiger partial charge in [-0.25, -0.2) is 13.2 Å². The Balaban J connectivity index is 1.74. The Morgan fingerprint density at radius 1 is 1.23 bits per heavy atom. The summed E-state index contributed by atoms with van der Waals surface area (Å²) in [5.74, 6) is -0.743. The smallest absolute Gasteiger partial charge is 0.338 e. The lowest BCUT2D eigenvalue weighted by Gasteiger charge is -2.22. The lowest BCUT2D eigenvalue weighted by Crippen LogP contribution is -2.38. The molecule has 1 aromatic rings. The molecule has 142 valence electrons. The summed E-state index contributed by atoms with van der Waals surface area (Å²) < 4.78 is 30.6. The number of sulfonamides is 1. The van der Waals surface area contributed by atoms with Crippen molar-refractivity contribution >= 4 is 27.6 Å². The van der Waals surface area contributed by atoms with Crippen LogP contribution in [0.4, 0.5) is 5.69 Å². The minimum Gasteiger partial charge on any atom is -0.449 e. The number of rotatable bonds is 4. The van der Waals surface area contributed by atoms with Crippen LogP contribution in [-0.2, 0) is 26.0 Å². The van der Waals surface area contributed by atoms with Gasteiger partial charge < -0.3 is 9.64 Å². The molecule has 3 rings (SSSR count). The predicted molar refractivity (Wildman–Crippen MR) is 97.6 cm³/mol. The molecule has 1 amide bonds. The van der Waals surface area contributed by atoms with E-state index < -0.39 is 22.1 Å². The summed E-state index contributed by atoms with van der Waals surface area (Å²) >= 11 is 0. The van der Waals surface area contributed by atoms with E-state index in [2.05, 4.69) is 0 Å². The molecule has 0 aliphatic carbocycles. The maximum atomic E-state index is 12.4. The second kappa shape index (κ2) is 6.90. The third-order valence-electron chi connectivity index (χ3n) is 4.87.